The van der Waals surface area contributed by atoms with Gasteiger partial charge < -0.3 is 10.6 Å². The molecule has 1 aromatic heterocycles. The third kappa shape index (κ3) is 2.38. The van der Waals surface area contributed by atoms with Gasteiger partial charge in [-0.15, -0.1) is 6.58 Å². The van der Waals surface area contributed by atoms with Crippen LogP contribution in [0.5, 0.6) is 0 Å². The summed E-state index contributed by atoms with van der Waals surface area (Å²) < 4.78 is 0. The third-order valence-electron chi connectivity index (χ3n) is 6.39. The Labute approximate surface area is 185 Å². The first-order chi connectivity index (χ1) is 15.6. The third-order valence-corrected chi connectivity index (χ3v) is 6.39. The SMILES string of the molecule is C=CCN1C(=O)[C@@]2(C(C#N)=C(N)N(c3cccnc3)C3=C2C(=O)CCC3)c2ccccc21. The number of allylic oxidation sites excluding steroid dienone is 1. The number of para-hydroxylation sites is 1. The normalized spacial score (nSPS) is 22.2. The van der Waals surface area contributed by atoms with Crippen molar-refractivity contribution in [2.45, 2.75) is 24.7 Å². The van der Waals surface area contributed by atoms with Gasteiger partial charge in [0.2, 0.25) is 5.91 Å². The van der Waals surface area contributed by atoms with Crippen LogP contribution in [0.15, 0.2) is 84.1 Å². The van der Waals surface area contributed by atoms with Gasteiger partial charge >= 0.3 is 0 Å². The number of pyridine rings is 1. The minimum absolute atomic E-state index is 0.0689. The summed E-state index contributed by atoms with van der Waals surface area (Å²) in [5, 5.41) is 10.3. The standard InChI is InChI=1S/C25H21N5O2/c1-2-13-29-19-9-4-3-8-17(19)25(24(29)32)18(14-26)23(27)30(16-7-6-12-28-15-16)20-10-5-11-21(31)22(20)25/h2-4,6-9,12,15H,1,5,10-11,13,27H2/t25-/m1/s1. The van der Waals surface area contributed by atoms with Crippen molar-refractivity contribution in [1.29, 1.82) is 5.26 Å². The number of nitriles is 1. The fourth-order valence-corrected chi connectivity index (χ4v) is 5.22. The lowest BCUT2D eigenvalue weighted by Crippen LogP contribution is -2.52. The molecule has 1 atom stereocenters. The highest BCUT2D eigenvalue weighted by molar-refractivity contribution is 6.20. The molecule has 1 spiro atoms. The van der Waals surface area contributed by atoms with Crippen LogP contribution in [-0.4, -0.2) is 23.2 Å². The maximum atomic E-state index is 14.1. The summed E-state index contributed by atoms with van der Waals surface area (Å²) in [6.45, 7) is 4.04. The molecule has 0 bridgehead atoms. The Morgan fingerprint density at radius 1 is 1.22 bits per heavy atom. The highest BCUT2D eigenvalue weighted by Gasteiger charge is 2.62. The molecule has 3 aliphatic rings. The van der Waals surface area contributed by atoms with Crippen molar-refractivity contribution in [1.82, 2.24) is 4.98 Å². The first kappa shape index (κ1) is 19.8. The van der Waals surface area contributed by atoms with Crippen molar-refractivity contribution in [2.24, 2.45) is 5.73 Å². The summed E-state index contributed by atoms with van der Waals surface area (Å²) in [4.78, 5) is 35.1. The Morgan fingerprint density at radius 2 is 2.03 bits per heavy atom. The number of ketones is 1. The zero-order valence-corrected chi connectivity index (χ0v) is 17.4. The van der Waals surface area contributed by atoms with E-state index in [1.165, 1.54) is 0 Å². The largest absolute Gasteiger partial charge is 0.384 e. The molecular formula is C25H21N5O2. The summed E-state index contributed by atoms with van der Waals surface area (Å²) in [6.07, 6.45) is 6.44. The lowest BCUT2D eigenvalue weighted by atomic mass is 9.64. The van der Waals surface area contributed by atoms with Gasteiger partial charge in [-0.3, -0.25) is 19.5 Å². The lowest BCUT2D eigenvalue weighted by molar-refractivity contribution is -0.124. The van der Waals surface area contributed by atoms with Gasteiger partial charge in [0, 0.05) is 41.7 Å². The summed E-state index contributed by atoms with van der Waals surface area (Å²) in [7, 11) is 0. The van der Waals surface area contributed by atoms with Crippen LogP contribution < -0.4 is 15.5 Å². The molecule has 158 valence electrons. The van der Waals surface area contributed by atoms with Gasteiger partial charge in [0.05, 0.1) is 17.5 Å². The number of nitrogens with zero attached hydrogens (tertiary/aromatic N) is 4. The smallest absolute Gasteiger partial charge is 0.248 e. The van der Waals surface area contributed by atoms with Crippen molar-refractivity contribution in [3.63, 3.8) is 0 Å². The zero-order chi connectivity index (χ0) is 22.5. The molecule has 0 saturated heterocycles. The first-order valence-corrected chi connectivity index (χ1v) is 10.5. The monoisotopic (exact) mass is 423 g/mol. The number of aromatic nitrogens is 1. The molecule has 2 N–H and O–H groups in total. The number of hydrogen-bond donors (Lipinski definition) is 1. The Bertz CT molecular complexity index is 1270. The maximum Gasteiger partial charge on any atom is 0.248 e. The van der Waals surface area contributed by atoms with Gasteiger partial charge in [0.1, 0.15) is 17.3 Å². The Balaban J connectivity index is 1.89. The van der Waals surface area contributed by atoms with Gasteiger partial charge in [-0.25, -0.2) is 0 Å². The lowest BCUT2D eigenvalue weighted by Gasteiger charge is -2.43. The van der Waals surface area contributed by atoms with Crippen LogP contribution in [0.2, 0.25) is 0 Å². The average Bonchev–Trinajstić information content (AvgIpc) is 3.04. The molecule has 1 aromatic carbocycles. The molecule has 1 aliphatic carbocycles. The second-order valence-electron chi connectivity index (χ2n) is 7.99. The summed E-state index contributed by atoms with van der Waals surface area (Å²) in [5.74, 6) is -0.326. The van der Waals surface area contributed by atoms with E-state index >= 15 is 0 Å². The number of amides is 1. The van der Waals surface area contributed by atoms with Crippen molar-refractivity contribution < 1.29 is 9.59 Å². The van der Waals surface area contributed by atoms with E-state index in [9.17, 15) is 14.9 Å². The Morgan fingerprint density at radius 3 is 2.75 bits per heavy atom. The minimum Gasteiger partial charge on any atom is -0.384 e. The fourth-order valence-electron chi connectivity index (χ4n) is 5.22. The van der Waals surface area contributed by atoms with E-state index in [4.69, 9.17) is 5.73 Å². The number of nitrogens with two attached hydrogens (primary N) is 1. The van der Waals surface area contributed by atoms with Crippen molar-refractivity contribution in [2.75, 3.05) is 16.3 Å². The molecule has 7 nitrogen and oxygen atoms in total. The number of fused-ring (bicyclic) bond motifs is 3. The van der Waals surface area contributed by atoms with Crippen molar-refractivity contribution in [3.8, 4) is 6.07 Å². The summed E-state index contributed by atoms with van der Waals surface area (Å²) in [5.41, 5.74) is 8.08. The van der Waals surface area contributed by atoms with Crippen LogP contribution >= 0.6 is 0 Å². The Hall–Kier alpha value is -4.18. The quantitative estimate of drug-likeness (QED) is 0.761. The van der Waals surface area contributed by atoms with Crippen LogP contribution in [-0.2, 0) is 15.0 Å². The maximum absolute atomic E-state index is 14.1. The molecule has 0 fully saturated rings. The van der Waals surface area contributed by atoms with E-state index in [0.717, 1.165) is 0 Å². The number of hydrogen-bond acceptors (Lipinski definition) is 6. The van der Waals surface area contributed by atoms with E-state index in [1.54, 1.807) is 34.3 Å². The number of benzene rings is 1. The van der Waals surface area contributed by atoms with E-state index in [1.807, 2.05) is 30.3 Å². The molecule has 0 radical (unpaired) electrons. The van der Waals surface area contributed by atoms with Crippen LogP contribution in [0.4, 0.5) is 11.4 Å². The average molecular weight is 423 g/mol. The minimum atomic E-state index is -1.55. The molecular weight excluding hydrogens is 402 g/mol. The number of carbonyl (C=O) groups excluding carboxylic acids is 2. The molecule has 1 amide bonds. The van der Waals surface area contributed by atoms with Gasteiger partial charge in [-0.1, -0.05) is 24.3 Å². The molecule has 0 saturated carbocycles. The highest BCUT2D eigenvalue weighted by atomic mass is 16.2. The highest BCUT2D eigenvalue weighted by Crippen LogP contribution is 2.56. The molecule has 2 aliphatic heterocycles. The van der Waals surface area contributed by atoms with Gasteiger partial charge in [0.25, 0.3) is 0 Å². The molecule has 2 aromatic rings. The van der Waals surface area contributed by atoms with Crippen molar-refractivity contribution in [3.05, 3.63) is 89.7 Å². The number of anilines is 2. The predicted octanol–water partition coefficient (Wildman–Crippen LogP) is 3.07. The second kappa shape index (κ2) is 7.20. The van der Waals surface area contributed by atoms with Crippen molar-refractivity contribution >= 4 is 23.1 Å². The van der Waals surface area contributed by atoms with Crippen LogP contribution in [0.25, 0.3) is 0 Å². The topological polar surface area (TPSA) is 103 Å². The van der Waals surface area contributed by atoms with E-state index < -0.39 is 5.41 Å². The van der Waals surface area contributed by atoms with Crippen LogP contribution in [0, 0.1) is 11.3 Å². The predicted molar refractivity (Wildman–Crippen MR) is 120 cm³/mol. The van der Waals surface area contributed by atoms with Crippen LogP contribution in [0.3, 0.4) is 0 Å². The summed E-state index contributed by atoms with van der Waals surface area (Å²) in [6, 6.07) is 13.1. The Kier molecular flexibility index (Phi) is 4.45. The summed E-state index contributed by atoms with van der Waals surface area (Å²) >= 11 is 0. The second-order valence-corrected chi connectivity index (χ2v) is 7.99. The van der Waals surface area contributed by atoms with E-state index in [-0.39, 0.29) is 29.6 Å². The van der Waals surface area contributed by atoms with E-state index in [0.29, 0.717) is 47.5 Å². The van der Waals surface area contributed by atoms with Gasteiger partial charge in [-0.05, 0) is 31.0 Å². The molecule has 0 unspecified atom stereocenters. The number of Topliss-reactive ketones (excluding diaryl/α,β-unsaturated/α-hetero) is 1. The number of carbonyl (C=O) groups is 2. The van der Waals surface area contributed by atoms with Gasteiger partial charge in [-0.2, -0.15) is 5.26 Å². The molecule has 5 rings (SSSR count). The molecule has 7 heteroatoms. The first-order valence-electron chi connectivity index (χ1n) is 10.5. The fraction of sp³-hybridized carbons (Fsp3) is 0.200. The van der Waals surface area contributed by atoms with E-state index in [2.05, 4.69) is 17.6 Å². The van der Waals surface area contributed by atoms with Gasteiger partial charge in [0.15, 0.2) is 5.78 Å². The van der Waals surface area contributed by atoms with Crippen LogP contribution in [0.1, 0.15) is 24.8 Å². The molecule has 3 heterocycles. The zero-order valence-electron chi connectivity index (χ0n) is 17.4. The molecule has 32 heavy (non-hydrogen) atoms. The number of rotatable bonds is 3.